The molecule has 1 N–H and O–H groups in total. The molecule has 3 nitrogen and oxygen atoms in total. The Hall–Kier alpha value is -1.00. The Labute approximate surface area is 100 Å². The van der Waals surface area contributed by atoms with Crippen LogP contribution in [0.5, 0.6) is 5.75 Å². The standard InChI is InChI=1S/C10H8BrClO3/c1-15-10-6(2-3-9(13)14)4-7(11)5-8(10)12/h2-5H,1H3,(H,13,14)/b3-2+. The first kappa shape index (κ1) is 12.1. The summed E-state index contributed by atoms with van der Waals surface area (Å²) in [6, 6.07) is 3.41. The molecule has 0 aliphatic rings. The number of aliphatic carboxylic acids is 1. The number of halogens is 2. The zero-order valence-electron chi connectivity index (χ0n) is 7.83. The molecule has 0 saturated heterocycles. The zero-order chi connectivity index (χ0) is 11.4. The van der Waals surface area contributed by atoms with Crippen LogP contribution in [0, 0.1) is 0 Å². The molecule has 5 heteroatoms. The van der Waals surface area contributed by atoms with Crippen LogP contribution in [0.2, 0.25) is 5.02 Å². The smallest absolute Gasteiger partial charge is 0.328 e. The van der Waals surface area contributed by atoms with Crippen LogP contribution in [0.3, 0.4) is 0 Å². The van der Waals surface area contributed by atoms with Crippen molar-refractivity contribution < 1.29 is 14.6 Å². The molecule has 0 aliphatic heterocycles. The van der Waals surface area contributed by atoms with Gasteiger partial charge in [0.25, 0.3) is 0 Å². The van der Waals surface area contributed by atoms with E-state index in [1.807, 2.05) is 0 Å². The van der Waals surface area contributed by atoms with Gasteiger partial charge in [0.15, 0.2) is 0 Å². The van der Waals surface area contributed by atoms with Gasteiger partial charge in [0.05, 0.1) is 12.1 Å². The summed E-state index contributed by atoms with van der Waals surface area (Å²) >= 11 is 9.18. The third kappa shape index (κ3) is 3.25. The van der Waals surface area contributed by atoms with Gasteiger partial charge in [0, 0.05) is 16.1 Å². The van der Waals surface area contributed by atoms with Crippen molar-refractivity contribution in [2.45, 2.75) is 0 Å². The van der Waals surface area contributed by atoms with Crippen LogP contribution in [0.15, 0.2) is 22.7 Å². The first-order valence-corrected chi connectivity index (χ1v) is 5.15. The summed E-state index contributed by atoms with van der Waals surface area (Å²) in [6.07, 6.45) is 2.46. The topological polar surface area (TPSA) is 46.5 Å². The van der Waals surface area contributed by atoms with E-state index in [1.54, 1.807) is 12.1 Å². The average Bonchev–Trinajstić information content (AvgIpc) is 2.13. The third-order valence-corrected chi connectivity index (χ3v) is 2.39. The lowest BCUT2D eigenvalue weighted by molar-refractivity contribution is -0.131. The molecule has 0 radical (unpaired) electrons. The molecular formula is C10H8BrClO3. The Morgan fingerprint density at radius 3 is 2.80 bits per heavy atom. The zero-order valence-corrected chi connectivity index (χ0v) is 10.2. The summed E-state index contributed by atoms with van der Waals surface area (Å²) in [7, 11) is 1.48. The maximum Gasteiger partial charge on any atom is 0.328 e. The van der Waals surface area contributed by atoms with Crippen molar-refractivity contribution in [1.82, 2.24) is 0 Å². The van der Waals surface area contributed by atoms with Gasteiger partial charge in [0.2, 0.25) is 0 Å². The van der Waals surface area contributed by atoms with Gasteiger partial charge in [0.1, 0.15) is 5.75 Å². The first-order valence-electron chi connectivity index (χ1n) is 3.98. The van der Waals surface area contributed by atoms with Crippen molar-refractivity contribution in [1.29, 1.82) is 0 Å². The van der Waals surface area contributed by atoms with Crippen LogP contribution in [0.25, 0.3) is 6.08 Å². The number of benzene rings is 1. The Bertz CT molecular complexity index is 415. The predicted octanol–water partition coefficient (Wildman–Crippen LogP) is 3.21. The molecule has 0 fully saturated rings. The number of carbonyl (C=O) groups is 1. The van der Waals surface area contributed by atoms with Crippen LogP contribution in [0.4, 0.5) is 0 Å². The summed E-state index contributed by atoms with van der Waals surface area (Å²) in [4.78, 5) is 10.4. The SMILES string of the molecule is COc1c(Cl)cc(Br)cc1/C=C/C(=O)O. The minimum atomic E-state index is -1.02. The molecule has 80 valence electrons. The lowest BCUT2D eigenvalue weighted by Gasteiger charge is -2.07. The van der Waals surface area contributed by atoms with Gasteiger partial charge in [-0.1, -0.05) is 27.5 Å². The van der Waals surface area contributed by atoms with Crippen molar-refractivity contribution in [2.75, 3.05) is 7.11 Å². The number of ether oxygens (including phenoxy) is 1. The fourth-order valence-corrected chi connectivity index (χ4v) is 1.99. The Kier molecular flexibility index (Phi) is 4.17. The second-order valence-electron chi connectivity index (χ2n) is 2.68. The average molecular weight is 292 g/mol. The molecule has 0 amide bonds. The monoisotopic (exact) mass is 290 g/mol. The van der Waals surface area contributed by atoms with Crippen molar-refractivity contribution >= 4 is 39.6 Å². The van der Waals surface area contributed by atoms with E-state index in [0.29, 0.717) is 16.3 Å². The molecule has 1 aromatic rings. The van der Waals surface area contributed by atoms with Gasteiger partial charge in [-0.05, 0) is 18.2 Å². The van der Waals surface area contributed by atoms with Gasteiger partial charge in [-0.15, -0.1) is 0 Å². The van der Waals surface area contributed by atoms with Gasteiger partial charge in [-0.3, -0.25) is 0 Å². The highest BCUT2D eigenvalue weighted by Gasteiger charge is 2.07. The molecule has 0 bridgehead atoms. The second kappa shape index (κ2) is 5.19. The molecule has 0 aliphatic carbocycles. The highest BCUT2D eigenvalue weighted by Crippen LogP contribution is 2.33. The minimum absolute atomic E-state index is 0.428. The Morgan fingerprint density at radius 1 is 1.60 bits per heavy atom. The number of rotatable bonds is 3. The van der Waals surface area contributed by atoms with E-state index >= 15 is 0 Å². The number of hydrogen-bond donors (Lipinski definition) is 1. The van der Waals surface area contributed by atoms with Gasteiger partial charge in [-0.2, -0.15) is 0 Å². The van der Waals surface area contributed by atoms with Crippen LogP contribution >= 0.6 is 27.5 Å². The van der Waals surface area contributed by atoms with E-state index < -0.39 is 5.97 Å². The minimum Gasteiger partial charge on any atom is -0.495 e. The predicted molar refractivity (Wildman–Crippen MR) is 62.4 cm³/mol. The van der Waals surface area contributed by atoms with Crippen LogP contribution in [0.1, 0.15) is 5.56 Å². The van der Waals surface area contributed by atoms with Gasteiger partial charge in [-0.25, -0.2) is 4.79 Å². The first-order chi connectivity index (χ1) is 7.04. The van der Waals surface area contributed by atoms with E-state index in [1.165, 1.54) is 13.2 Å². The van der Waals surface area contributed by atoms with Crippen LogP contribution in [-0.4, -0.2) is 18.2 Å². The van der Waals surface area contributed by atoms with Crippen LogP contribution in [-0.2, 0) is 4.79 Å². The van der Waals surface area contributed by atoms with E-state index in [4.69, 9.17) is 21.4 Å². The number of carboxylic acid groups (broad SMARTS) is 1. The second-order valence-corrected chi connectivity index (χ2v) is 4.00. The molecular weight excluding hydrogens is 283 g/mol. The molecule has 0 aromatic heterocycles. The van der Waals surface area contributed by atoms with E-state index in [9.17, 15) is 4.79 Å². The lowest BCUT2D eigenvalue weighted by atomic mass is 10.2. The number of methoxy groups -OCH3 is 1. The van der Waals surface area contributed by atoms with E-state index in [2.05, 4.69) is 15.9 Å². The molecule has 0 atom stereocenters. The molecule has 0 heterocycles. The summed E-state index contributed by atoms with van der Waals surface area (Å²) in [6.45, 7) is 0. The highest BCUT2D eigenvalue weighted by atomic mass is 79.9. The maximum absolute atomic E-state index is 10.4. The van der Waals surface area contributed by atoms with Crippen molar-refractivity contribution in [3.63, 3.8) is 0 Å². The highest BCUT2D eigenvalue weighted by molar-refractivity contribution is 9.10. The van der Waals surface area contributed by atoms with E-state index in [0.717, 1.165) is 10.5 Å². The van der Waals surface area contributed by atoms with Crippen molar-refractivity contribution in [3.05, 3.63) is 33.3 Å². The normalized spacial score (nSPS) is 10.6. The number of carboxylic acids is 1. The molecule has 1 aromatic carbocycles. The van der Waals surface area contributed by atoms with Crippen LogP contribution < -0.4 is 4.74 Å². The Balaban J connectivity index is 3.20. The fraction of sp³-hybridized carbons (Fsp3) is 0.100. The van der Waals surface area contributed by atoms with Crippen molar-refractivity contribution in [2.24, 2.45) is 0 Å². The van der Waals surface area contributed by atoms with Gasteiger partial charge >= 0.3 is 5.97 Å². The summed E-state index contributed by atoms with van der Waals surface area (Å²) in [5, 5.41) is 8.93. The lowest BCUT2D eigenvalue weighted by Crippen LogP contribution is -1.90. The summed E-state index contributed by atoms with van der Waals surface area (Å²) in [5.74, 6) is -0.564. The largest absolute Gasteiger partial charge is 0.495 e. The number of hydrogen-bond acceptors (Lipinski definition) is 2. The molecule has 0 unspecified atom stereocenters. The molecule has 0 spiro atoms. The molecule has 1 rings (SSSR count). The fourth-order valence-electron chi connectivity index (χ4n) is 1.08. The molecule has 15 heavy (non-hydrogen) atoms. The quantitative estimate of drug-likeness (QED) is 0.870. The molecule has 0 saturated carbocycles. The van der Waals surface area contributed by atoms with E-state index in [-0.39, 0.29) is 0 Å². The third-order valence-electron chi connectivity index (χ3n) is 1.65. The summed E-state index contributed by atoms with van der Waals surface area (Å²) in [5.41, 5.74) is 0.610. The van der Waals surface area contributed by atoms with Crippen molar-refractivity contribution in [3.8, 4) is 5.75 Å². The Morgan fingerprint density at radius 2 is 2.27 bits per heavy atom. The summed E-state index contributed by atoms with van der Waals surface area (Å²) < 4.78 is 5.83. The van der Waals surface area contributed by atoms with Gasteiger partial charge < -0.3 is 9.84 Å². The maximum atomic E-state index is 10.4.